The van der Waals surface area contributed by atoms with E-state index in [1.54, 1.807) is 18.3 Å². The van der Waals surface area contributed by atoms with Gasteiger partial charge in [-0.15, -0.1) is 0 Å². The lowest BCUT2D eigenvalue weighted by Crippen LogP contribution is -2.58. The molecular weight excluding hydrogens is 1540 g/mol. The van der Waals surface area contributed by atoms with Crippen LogP contribution in [0.5, 0.6) is 0 Å². The molecule has 13 atom stereocenters. The van der Waals surface area contributed by atoms with Crippen molar-refractivity contribution in [2.24, 2.45) is 47.0 Å². The molecule has 5 rings (SSSR count). The van der Waals surface area contributed by atoms with E-state index in [1.807, 2.05) is 12.1 Å². The number of cyclic esters (lactones) is 1. The van der Waals surface area contributed by atoms with Crippen LogP contribution in [-0.2, 0) is 112 Å². The van der Waals surface area contributed by atoms with Crippen LogP contribution in [0.25, 0.3) is 10.9 Å². The summed E-state index contributed by atoms with van der Waals surface area (Å²) in [5.41, 5.74) is 18.6. The van der Waals surface area contributed by atoms with E-state index in [0.717, 1.165) is 56.4 Å². The molecule has 20 N–H and O–H groups in total. The summed E-state index contributed by atoms with van der Waals surface area (Å²) in [6.07, 6.45) is 0.719. The van der Waals surface area contributed by atoms with Crippen molar-refractivity contribution in [1.82, 2.24) is 58.2 Å². The first-order valence-corrected chi connectivity index (χ1v) is 38.1. The lowest BCUT2D eigenvalue weighted by Gasteiger charge is -2.30. The second-order valence-corrected chi connectivity index (χ2v) is 28.8. The molecule has 2 aromatic carbocycles. The van der Waals surface area contributed by atoms with E-state index in [1.165, 1.54) is 52.0 Å². The average molecular weight is 1640 g/mol. The number of para-hydroxylation sites is 2. The zero-order valence-electron chi connectivity index (χ0n) is 65.9. The van der Waals surface area contributed by atoms with Crippen molar-refractivity contribution >= 4 is 135 Å². The number of primary amides is 1. The van der Waals surface area contributed by atoms with Crippen LogP contribution >= 0.6 is 0 Å². The maximum Gasteiger partial charge on any atom is 0.373 e. The number of fused-ring (bicyclic) bond motifs is 1. The summed E-state index contributed by atoms with van der Waals surface area (Å²) in [5, 5.41) is 54.6. The number of Topliss-reactive ketones (excluding diaryl/α,β-unsaturated/α-hetero) is 4. The molecule has 40 nitrogen and oxygen atoms in total. The molecule has 1 aromatic heterocycles. The number of carbonyl (C=O) groups excluding carboxylic acids is 20. The van der Waals surface area contributed by atoms with Gasteiger partial charge in [0.05, 0.1) is 44.6 Å². The highest BCUT2D eigenvalue weighted by Crippen LogP contribution is 2.33. The van der Waals surface area contributed by atoms with Gasteiger partial charge >= 0.3 is 30.2 Å². The third-order valence-corrected chi connectivity index (χ3v) is 19.7. The van der Waals surface area contributed by atoms with Gasteiger partial charge in [-0.25, -0.2) is 4.79 Å². The molecule has 2 fully saturated rings. The molecule has 0 spiro atoms. The summed E-state index contributed by atoms with van der Waals surface area (Å²) in [4.78, 5) is 284. The number of carboxylic acids is 2. The smallest absolute Gasteiger partial charge is 0.373 e. The number of carbonyl (C=O) groups is 18. The molecule has 2 aliphatic rings. The van der Waals surface area contributed by atoms with Gasteiger partial charge in [0.1, 0.15) is 42.4 Å². The van der Waals surface area contributed by atoms with Gasteiger partial charge < -0.3 is 95.4 Å². The molecule has 1 aliphatic heterocycles. The van der Waals surface area contributed by atoms with Crippen LogP contribution in [0.2, 0.25) is 0 Å². The first-order valence-electron chi connectivity index (χ1n) is 38.1. The summed E-state index contributed by atoms with van der Waals surface area (Å²) in [5.74, 6) is -26.0. The van der Waals surface area contributed by atoms with Crippen LogP contribution in [0.1, 0.15) is 167 Å². The summed E-state index contributed by atoms with van der Waals surface area (Å²) in [7, 11) is 0. The van der Waals surface area contributed by atoms with E-state index < -0.39 is 255 Å². The van der Waals surface area contributed by atoms with Gasteiger partial charge in [0.15, 0.2) is 23.1 Å². The number of hydrogen-bond donors (Lipinski definition) is 17. The van der Waals surface area contributed by atoms with Gasteiger partial charge in [-0.05, 0) is 94.5 Å². The Bertz CT molecular complexity index is 4080. The fourth-order valence-electron chi connectivity index (χ4n) is 13.1. The number of aliphatic carboxylic acids is 2. The molecular formula is C77H106N14O26. The molecule has 0 radical (unpaired) electrons. The normalized spacial score (nSPS) is 22.9. The molecule has 1 saturated carbocycles. The Kier molecular flexibility index (Phi) is 43.0. The monoisotopic (exact) mass is 1640 g/mol. The second-order valence-electron chi connectivity index (χ2n) is 28.8. The topological polar surface area (TPSA) is 660 Å². The van der Waals surface area contributed by atoms with Gasteiger partial charge in [0, 0.05) is 90.5 Å². The van der Waals surface area contributed by atoms with Crippen molar-refractivity contribution in [3.63, 3.8) is 0 Å². The van der Waals surface area contributed by atoms with Crippen LogP contribution < -0.4 is 70.4 Å². The number of esters is 1. The molecule has 640 valence electrons. The average Bonchev–Trinajstić information content (AvgIpc) is 1.26. The lowest BCUT2D eigenvalue weighted by molar-refractivity contribution is -0.193. The number of aromatic amines is 1. The molecule has 11 amide bonds. The number of ether oxygens (including phenoxy) is 1. The van der Waals surface area contributed by atoms with E-state index in [2.05, 4.69) is 65.1 Å². The molecule has 117 heavy (non-hydrogen) atoms. The van der Waals surface area contributed by atoms with Crippen molar-refractivity contribution in [3.8, 4) is 0 Å². The molecule has 1 saturated heterocycles. The Morgan fingerprint density at radius 3 is 1.82 bits per heavy atom. The van der Waals surface area contributed by atoms with E-state index in [4.69, 9.17) is 41.1 Å². The Hall–Kier alpha value is -12.3. The lowest BCUT2D eigenvalue weighted by atomic mass is 9.79. The predicted octanol–water partition coefficient (Wildman–Crippen LogP) is -2.18. The van der Waals surface area contributed by atoms with Gasteiger partial charge in [0.25, 0.3) is 0 Å². The van der Waals surface area contributed by atoms with Crippen molar-refractivity contribution in [3.05, 3.63) is 65.9 Å². The van der Waals surface area contributed by atoms with Crippen molar-refractivity contribution in [2.45, 2.75) is 212 Å². The number of nitrogens with two attached hydrogens (primary N) is 3. The highest BCUT2D eigenvalue weighted by Gasteiger charge is 2.41. The number of nitrogens with one attached hydrogen (secondary N) is 11. The Morgan fingerprint density at radius 2 is 1.22 bits per heavy atom. The number of carboxylic acid groups (broad SMARTS) is 2. The van der Waals surface area contributed by atoms with Crippen molar-refractivity contribution in [1.29, 1.82) is 0 Å². The number of H-pyrrole nitrogens is 1. The number of aliphatic hydroxyl groups is 1. The quantitative estimate of drug-likeness (QED) is 0.0152. The maximum absolute atomic E-state index is 14.8. The number of ketones is 4. The molecule has 2 heterocycles. The number of rotatable bonds is 29. The highest BCUT2D eigenvalue weighted by molar-refractivity contribution is 6.05. The number of benzene rings is 2. The first-order chi connectivity index (χ1) is 55.4. The van der Waals surface area contributed by atoms with Crippen molar-refractivity contribution in [2.75, 3.05) is 32.0 Å². The van der Waals surface area contributed by atoms with Crippen LogP contribution in [0, 0.1) is 35.5 Å². The highest BCUT2D eigenvalue weighted by atomic mass is 16.5. The van der Waals surface area contributed by atoms with Gasteiger partial charge in [-0.1, -0.05) is 83.7 Å². The number of aliphatic hydroxyl groups excluding tert-OH is 1. The summed E-state index contributed by atoms with van der Waals surface area (Å²) in [6.45, 7) is 4.82. The number of unbranched alkanes of at least 4 members (excludes halogenated alkanes) is 2. The number of hydrogen-bond acceptors (Lipinski definition) is 26. The number of amides is 11. The second kappa shape index (κ2) is 50.8. The zero-order valence-corrected chi connectivity index (χ0v) is 65.9. The fraction of sp³-hybridized carbons (Fsp3) is 0.558. The zero-order chi connectivity index (χ0) is 87.8. The van der Waals surface area contributed by atoms with Crippen LogP contribution in [0.15, 0.2) is 54.7 Å². The summed E-state index contributed by atoms with van der Waals surface area (Å²) in [6, 6.07) is -1.42. The third-order valence-electron chi connectivity index (χ3n) is 19.7. The maximum atomic E-state index is 14.8. The molecule has 40 heteroatoms. The Labute approximate surface area is 672 Å². The molecule has 3 aromatic rings. The minimum absolute atomic E-state index is 0.0168. The summed E-state index contributed by atoms with van der Waals surface area (Å²) < 4.78 is 5.79. The molecule has 0 unspecified atom stereocenters. The van der Waals surface area contributed by atoms with E-state index in [0.29, 0.717) is 24.3 Å². The third kappa shape index (κ3) is 34.0. The van der Waals surface area contributed by atoms with Gasteiger partial charge in [-0.2, -0.15) is 19.2 Å². The standard InChI is InChI=1S/C75H106N14O22.2CO2/c1-7-8-9-15-43-21-23-44(24-22-43)70(105)87-54(29-45-34-79-50-19-13-11-16-46(45)50)73(108)85-52(32-61(78)95)58(92)27-40(4)68(103)89-66-42(6)111-75(110)55(31-57(91)47-17-10-12-18-49(47)77)88-71(106)48(38(2)28-64(98)99)30-60(94)56(37-90)84-63(97)35-80-69(104)41(5)82-67(102)39(3)26-59(93)53(33-65(100)101)86-72(107)51(20-14-25-76)83-62(96)36-81-74(66)109;2*2-1-3/h10-13,16-19,34,38-44,48,51-56,66,79,90H,7-9,14-15,20-33,35-37,76-77H2,1-6H3,(H2,78,95)(H,80,104)(H,81,109)(H,82,102)(H,83,96)(H,84,97)(H,85,108)(H,86,107)(H,87,105)(H,88,106)(H,89,103)(H,98,99)(H,100,101);;/t38-,39+,40-,41+,42-,43?,44?,48+,51+,52-,53+,54+,55+,56-,66+;;/m1../s1. The van der Waals surface area contributed by atoms with Crippen LogP contribution in [-0.4, -0.2) is 219 Å². The molecule has 0 bridgehead atoms. The van der Waals surface area contributed by atoms with Gasteiger partial charge in [0.2, 0.25) is 65.0 Å². The number of anilines is 1. The van der Waals surface area contributed by atoms with E-state index in [9.17, 15) is 102 Å². The first kappa shape index (κ1) is 98.9. The SMILES string of the molecule is CCCCCC1CCC(C(=O)N[C@@H](Cc2c[nH]c3ccccc23)C(=O)N[C@H](CC(N)=O)C(=O)C[C@@H](C)C(=O)N[C@@H]2C(=O)NCC(=O)N[C@@H](CCCN)C(=O)N[C@@H](CC(=O)O)C(=O)C[C@H](C)C(=O)N[C@@H](C)C(=O)NCC(=O)N[C@H](CO)C(=O)C[C@@H]([C@H](C)CC(=O)O)C(=O)N[C@@H](CC(=O)c3ccccc3N)C(=O)O[C@@H]2C)CC1.O=C=O.O=C=O. The Morgan fingerprint density at radius 1 is 0.624 bits per heavy atom. The van der Waals surface area contributed by atoms with E-state index in [-0.39, 0.29) is 49.4 Å². The fourth-order valence-corrected chi connectivity index (χ4v) is 13.1. The van der Waals surface area contributed by atoms with E-state index >= 15 is 0 Å². The Balaban J connectivity index is 0.00000571. The minimum Gasteiger partial charge on any atom is -0.481 e. The van der Waals surface area contributed by atoms with Crippen LogP contribution in [0.3, 0.4) is 0 Å². The predicted molar refractivity (Wildman–Crippen MR) is 408 cm³/mol. The minimum atomic E-state index is -2.16. The van der Waals surface area contributed by atoms with Gasteiger partial charge in [-0.3, -0.25) is 81.5 Å². The number of aromatic nitrogens is 1. The number of nitrogen functional groups attached to an aromatic ring is 1. The summed E-state index contributed by atoms with van der Waals surface area (Å²) >= 11 is 0. The van der Waals surface area contributed by atoms with Crippen LogP contribution in [0.4, 0.5) is 5.69 Å². The largest absolute Gasteiger partial charge is 0.481 e. The molecule has 1 aliphatic carbocycles. The van der Waals surface area contributed by atoms with Crippen molar-refractivity contribution < 1.29 is 126 Å².